The second-order valence-corrected chi connectivity index (χ2v) is 4.79. The van der Waals surface area contributed by atoms with Crippen molar-refractivity contribution < 1.29 is 4.79 Å². The number of carbonyl (C=O) groups excluding carboxylic acids is 1. The molecule has 0 saturated carbocycles. The number of amides is 1. The number of halogens is 1. The second-order valence-electron chi connectivity index (χ2n) is 3.07. The highest BCUT2D eigenvalue weighted by Gasteiger charge is 2.28. The van der Waals surface area contributed by atoms with E-state index in [1.807, 2.05) is 0 Å². The van der Waals surface area contributed by atoms with E-state index < -0.39 is 0 Å². The zero-order valence-corrected chi connectivity index (χ0v) is 8.44. The van der Waals surface area contributed by atoms with E-state index >= 15 is 0 Å². The summed E-state index contributed by atoms with van der Waals surface area (Å²) in [6.07, 6.45) is 0. The van der Waals surface area contributed by atoms with E-state index in [-0.39, 0.29) is 11.9 Å². The van der Waals surface area contributed by atoms with Crippen LogP contribution in [-0.4, -0.2) is 29.9 Å². The molecule has 0 atom stereocenters. The van der Waals surface area contributed by atoms with Gasteiger partial charge in [-0.1, -0.05) is 11.6 Å². The molecule has 2 rings (SSSR count). The van der Waals surface area contributed by atoms with Crippen LogP contribution in [0, 0.1) is 0 Å². The topological polar surface area (TPSA) is 46.3 Å². The molecule has 1 saturated heterocycles. The van der Waals surface area contributed by atoms with Crippen LogP contribution in [0.5, 0.6) is 0 Å². The highest BCUT2D eigenvalue weighted by atomic mass is 35.5. The van der Waals surface area contributed by atoms with Gasteiger partial charge in [0.05, 0.1) is 9.21 Å². The number of hydrogen-bond acceptors (Lipinski definition) is 3. The molecule has 0 spiro atoms. The van der Waals surface area contributed by atoms with E-state index in [1.54, 1.807) is 17.0 Å². The maximum absolute atomic E-state index is 11.6. The number of rotatable bonds is 1. The Kier molecular flexibility index (Phi) is 2.27. The van der Waals surface area contributed by atoms with Gasteiger partial charge in [-0.05, 0) is 12.1 Å². The van der Waals surface area contributed by atoms with E-state index in [2.05, 4.69) is 0 Å². The molecule has 1 aromatic rings. The van der Waals surface area contributed by atoms with Gasteiger partial charge in [-0.15, -0.1) is 11.3 Å². The maximum Gasteiger partial charge on any atom is 0.264 e. The third-order valence-electron chi connectivity index (χ3n) is 1.98. The first-order chi connectivity index (χ1) is 6.16. The largest absolute Gasteiger partial charge is 0.335 e. The SMILES string of the molecule is NC1CN(C(=O)c2ccc(Cl)s2)C1. The van der Waals surface area contributed by atoms with Gasteiger partial charge in [0, 0.05) is 19.1 Å². The third-order valence-corrected chi connectivity index (χ3v) is 3.20. The number of likely N-dealkylation sites (tertiary alicyclic amines) is 1. The van der Waals surface area contributed by atoms with Gasteiger partial charge < -0.3 is 10.6 Å². The lowest BCUT2D eigenvalue weighted by molar-refractivity contribution is 0.0613. The summed E-state index contributed by atoms with van der Waals surface area (Å²) in [5.74, 6) is 0.0404. The van der Waals surface area contributed by atoms with Crippen LogP contribution in [0.2, 0.25) is 4.34 Å². The Morgan fingerprint density at radius 1 is 1.62 bits per heavy atom. The lowest BCUT2D eigenvalue weighted by atomic mass is 10.1. The standard InChI is InChI=1S/C8H9ClN2OS/c9-7-2-1-6(13-7)8(12)11-3-5(10)4-11/h1-2,5H,3-4,10H2. The number of thiophene rings is 1. The van der Waals surface area contributed by atoms with Crippen molar-refractivity contribution in [2.75, 3.05) is 13.1 Å². The van der Waals surface area contributed by atoms with Crippen LogP contribution in [0.4, 0.5) is 0 Å². The minimum absolute atomic E-state index is 0.0404. The van der Waals surface area contributed by atoms with Gasteiger partial charge in [0.15, 0.2) is 0 Å². The van der Waals surface area contributed by atoms with Crippen LogP contribution in [0.1, 0.15) is 9.67 Å². The molecule has 13 heavy (non-hydrogen) atoms. The normalized spacial score (nSPS) is 17.2. The minimum Gasteiger partial charge on any atom is -0.335 e. The average molecular weight is 217 g/mol. The quantitative estimate of drug-likeness (QED) is 0.767. The Morgan fingerprint density at radius 2 is 2.31 bits per heavy atom. The number of carbonyl (C=O) groups is 1. The van der Waals surface area contributed by atoms with Gasteiger partial charge in [-0.3, -0.25) is 4.79 Å². The summed E-state index contributed by atoms with van der Waals surface area (Å²) in [6.45, 7) is 1.32. The van der Waals surface area contributed by atoms with Crippen LogP contribution >= 0.6 is 22.9 Å². The monoisotopic (exact) mass is 216 g/mol. The summed E-state index contributed by atoms with van der Waals surface area (Å²) in [6, 6.07) is 3.64. The molecule has 1 amide bonds. The average Bonchev–Trinajstić information content (AvgIpc) is 2.45. The van der Waals surface area contributed by atoms with E-state index in [0.717, 1.165) is 0 Å². The molecule has 0 bridgehead atoms. The molecular formula is C8H9ClN2OS. The van der Waals surface area contributed by atoms with Gasteiger partial charge in [-0.2, -0.15) is 0 Å². The van der Waals surface area contributed by atoms with E-state index in [0.29, 0.717) is 22.3 Å². The zero-order chi connectivity index (χ0) is 9.42. The molecule has 3 nitrogen and oxygen atoms in total. The Hall–Kier alpha value is -0.580. The lowest BCUT2D eigenvalue weighted by Gasteiger charge is -2.36. The predicted octanol–water partition coefficient (Wildman–Crippen LogP) is 1.18. The highest BCUT2D eigenvalue weighted by Crippen LogP contribution is 2.23. The summed E-state index contributed by atoms with van der Waals surface area (Å²) in [7, 11) is 0. The van der Waals surface area contributed by atoms with Crippen molar-refractivity contribution in [2.24, 2.45) is 5.73 Å². The summed E-state index contributed by atoms with van der Waals surface area (Å²) in [5, 5.41) is 0. The molecular weight excluding hydrogens is 208 g/mol. The molecule has 0 aliphatic carbocycles. The van der Waals surface area contributed by atoms with Crippen LogP contribution in [0.15, 0.2) is 12.1 Å². The van der Waals surface area contributed by atoms with E-state index in [4.69, 9.17) is 17.3 Å². The van der Waals surface area contributed by atoms with Crippen molar-refractivity contribution in [2.45, 2.75) is 6.04 Å². The second kappa shape index (κ2) is 3.29. The van der Waals surface area contributed by atoms with Crippen molar-refractivity contribution in [3.63, 3.8) is 0 Å². The molecule has 0 aromatic carbocycles. The fourth-order valence-corrected chi connectivity index (χ4v) is 2.27. The highest BCUT2D eigenvalue weighted by molar-refractivity contribution is 7.17. The first-order valence-corrected chi connectivity index (χ1v) is 5.16. The minimum atomic E-state index is 0.0404. The Labute approximate surface area is 85.1 Å². The van der Waals surface area contributed by atoms with E-state index in [1.165, 1.54) is 11.3 Å². The van der Waals surface area contributed by atoms with Gasteiger partial charge in [0.1, 0.15) is 0 Å². The van der Waals surface area contributed by atoms with Crippen LogP contribution in [-0.2, 0) is 0 Å². The predicted molar refractivity (Wildman–Crippen MR) is 53.2 cm³/mol. The number of nitrogens with two attached hydrogens (primary N) is 1. The molecule has 1 aliphatic heterocycles. The van der Waals surface area contributed by atoms with Gasteiger partial charge in [0.25, 0.3) is 5.91 Å². The molecule has 70 valence electrons. The lowest BCUT2D eigenvalue weighted by Crippen LogP contribution is -2.57. The van der Waals surface area contributed by atoms with Gasteiger partial charge in [0.2, 0.25) is 0 Å². The fraction of sp³-hybridized carbons (Fsp3) is 0.375. The number of hydrogen-bond donors (Lipinski definition) is 1. The summed E-state index contributed by atoms with van der Waals surface area (Å²) in [4.78, 5) is 14.0. The zero-order valence-electron chi connectivity index (χ0n) is 6.87. The fourth-order valence-electron chi connectivity index (χ4n) is 1.26. The molecule has 0 radical (unpaired) electrons. The Bertz CT molecular complexity index is 333. The molecule has 1 aliphatic rings. The molecule has 0 unspecified atom stereocenters. The summed E-state index contributed by atoms with van der Waals surface area (Å²) < 4.78 is 0.646. The number of nitrogens with zero attached hydrogens (tertiary/aromatic N) is 1. The summed E-state index contributed by atoms with van der Waals surface area (Å²) >= 11 is 7.03. The summed E-state index contributed by atoms with van der Waals surface area (Å²) in [5.41, 5.74) is 5.57. The van der Waals surface area contributed by atoms with Crippen molar-refractivity contribution >= 4 is 28.8 Å². The molecule has 5 heteroatoms. The van der Waals surface area contributed by atoms with Crippen molar-refractivity contribution in [3.05, 3.63) is 21.3 Å². The van der Waals surface area contributed by atoms with Crippen LogP contribution in [0.3, 0.4) is 0 Å². The first kappa shape index (κ1) is 8.99. The first-order valence-electron chi connectivity index (χ1n) is 3.97. The Morgan fingerprint density at radius 3 is 2.77 bits per heavy atom. The Balaban J connectivity index is 2.06. The smallest absolute Gasteiger partial charge is 0.264 e. The molecule has 1 fully saturated rings. The van der Waals surface area contributed by atoms with Crippen molar-refractivity contribution in [1.29, 1.82) is 0 Å². The molecule has 2 heterocycles. The van der Waals surface area contributed by atoms with Crippen molar-refractivity contribution in [1.82, 2.24) is 4.90 Å². The molecule has 1 aromatic heterocycles. The van der Waals surface area contributed by atoms with Gasteiger partial charge >= 0.3 is 0 Å². The van der Waals surface area contributed by atoms with E-state index in [9.17, 15) is 4.79 Å². The van der Waals surface area contributed by atoms with Crippen LogP contribution < -0.4 is 5.73 Å². The third kappa shape index (κ3) is 1.70. The molecule has 2 N–H and O–H groups in total. The maximum atomic E-state index is 11.6. The van der Waals surface area contributed by atoms with Gasteiger partial charge in [-0.25, -0.2) is 0 Å². The van der Waals surface area contributed by atoms with Crippen molar-refractivity contribution in [3.8, 4) is 0 Å². The van der Waals surface area contributed by atoms with Crippen LogP contribution in [0.25, 0.3) is 0 Å².